The number of aromatic nitrogens is 3. The van der Waals surface area contributed by atoms with Crippen LogP contribution in [0.15, 0.2) is 53.6 Å². The van der Waals surface area contributed by atoms with Crippen LogP contribution in [0, 0.1) is 36.7 Å². The Morgan fingerprint density at radius 2 is 1.88 bits per heavy atom. The largest absolute Gasteiger partial charge is 0.318 e. The highest BCUT2D eigenvalue weighted by Crippen LogP contribution is 2.23. The molecule has 4 rings (SSSR count). The Bertz CT molecular complexity index is 1470. The summed E-state index contributed by atoms with van der Waals surface area (Å²) in [6.45, 7) is 5.01. The maximum atomic E-state index is 14.1. The third kappa shape index (κ3) is 3.58. The van der Waals surface area contributed by atoms with Gasteiger partial charge >= 0.3 is 0 Å². The Morgan fingerprint density at radius 3 is 2.56 bits per heavy atom. The molecule has 0 bridgehead atoms. The smallest absolute Gasteiger partial charge is 0.271 e. The van der Waals surface area contributed by atoms with Gasteiger partial charge in [0, 0.05) is 34.8 Å². The molecule has 0 N–H and O–H groups in total. The van der Waals surface area contributed by atoms with E-state index in [0.717, 1.165) is 5.69 Å². The van der Waals surface area contributed by atoms with Gasteiger partial charge in [-0.25, -0.2) is 9.37 Å². The number of non-ortho nitro benzene ring substituents is 1. The summed E-state index contributed by atoms with van der Waals surface area (Å²) in [5.74, 6) is -0.640. The van der Waals surface area contributed by atoms with Crippen molar-refractivity contribution in [2.75, 3.05) is 0 Å². The van der Waals surface area contributed by atoms with Gasteiger partial charge in [-0.1, -0.05) is 6.07 Å². The van der Waals surface area contributed by atoms with Gasteiger partial charge in [-0.3, -0.25) is 24.3 Å². The SMILES string of the molecule is Cc1ccc(-n2c(C)cc(C(=O)Cn3cnc4cc([N+](=O)[O-])ccc4c3=O)c2C)cc1F. The summed E-state index contributed by atoms with van der Waals surface area (Å²) in [5, 5.41) is 11.1. The van der Waals surface area contributed by atoms with E-state index in [1.807, 2.05) is 6.92 Å². The van der Waals surface area contributed by atoms with Gasteiger partial charge in [-0.2, -0.15) is 0 Å². The molecular formula is C23H19FN4O4. The average Bonchev–Trinajstić information content (AvgIpc) is 3.06. The van der Waals surface area contributed by atoms with Crippen LogP contribution in [0.1, 0.15) is 27.3 Å². The molecule has 0 saturated heterocycles. The van der Waals surface area contributed by atoms with E-state index in [-0.39, 0.29) is 34.7 Å². The van der Waals surface area contributed by atoms with Gasteiger partial charge in [0.2, 0.25) is 0 Å². The van der Waals surface area contributed by atoms with Crippen LogP contribution in [-0.2, 0) is 6.54 Å². The van der Waals surface area contributed by atoms with E-state index in [1.165, 1.54) is 35.2 Å². The molecule has 0 aliphatic heterocycles. The molecule has 8 nitrogen and oxygen atoms in total. The maximum Gasteiger partial charge on any atom is 0.271 e. The van der Waals surface area contributed by atoms with Gasteiger partial charge in [0.25, 0.3) is 11.2 Å². The number of carbonyl (C=O) groups excluding carboxylic acids is 1. The number of halogens is 1. The summed E-state index contributed by atoms with van der Waals surface area (Å²) < 4.78 is 17.0. The number of carbonyl (C=O) groups is 1. The Hall–Kier alpha value is -4.14. The van der Waals surface area contributed by atoms with E-state index in [4.69, 9.17) is 0 Å². The van der Waals surface area contributed by atoms with Crippen LogP contribution in [-0.4, -0.2) is 24.8 Å². The Balaban J connectivity index is 1.69. The number of rotatable bonds is 5. The predicted octanol–water partition coefficient (Wildman–Crippen LogP) is 4.04. The van der Waals surface area contributed by atoms with Crippen molar-refractivity contribution < 1.29 is 14.1 Å². The summed E-state index contributed by atoms with van der Waals surface area (Å²) in [5.41, 5.74) is 2.49. The van der Waals surface area contributed by atoms with Crippen molar-refractivity contribution in [3.05, 3.63) is 97.6 Å². The minimum atomic E-state index is -0.564. The molecule has 0 unspecified atom stereocenters. The number of aryl methyl sites for hydroxylation is 2. The standard InChI is InChI=1S/C23H19FN4O4/c1-13-4-5-16(9-20(13)24)27-14(2)8-19(15(27)3)22(29)11-26-12-25-21-10-17(28(31)32)6-7-18(21)23(26)30/h4-10,12H,11H2,1-3H3. The number of hydrogen-bond acceptors (Lipinski definition) is 5. The summed E-state index contributed by atoms with van der Waals surface area (Å²) in [6.07, 6.45) is 1.21. The van der Waals surface area contributed by atoms with Crippen LogP contribution in [0.4, 0.5) is 10.1 Å². The zero-order valence-electron chi connectivity index (χ0n) is 17.6. The van der Waals surface area contributed by atoms with Crippen molar-refractivity contribution in [2.45, 2.75) is 27.3 Å². The number of hydrogen-bond donors (Lipinski definition) is 0. The molecular weight excluding hydrogens is 415 g/mol. The zero-order chi connectivity index (χ0) is 23.2. The first-order valence-corrected chi connectivity index (χ1v) is 9.79. The lowest BCUT2D eigenvalue weighted by Gasteiger charge is -2.11. The second kappa shape index (κ2) is 7.84. The van der Waals surface area contributed by atoms with Crippen molar-refractivity contribution in [1.29, 1.82) is 0 Å². The molecule has 0 fully saturated rings. The van der Waals surface area contributed by atoms with E-state index in [0.29, 0.717) is 22.5 Å². The maximum absolute atomic E-state index is 14.1. The topological polar surface area (TPSA) is 100 Å². The zero-order valence-corrected chi connectivity index (χ0v) is 17.6. The lowest BCUT2D eigenvalue weighted by molar-refractivity contribution is -0.384. The fraction of sp³-hybridized carbons (Fsp3) is 0.174. The van der Waals surface area contributed by atoms with E-state index < -0.39 is 10.5 Å². The third-order valence-electron chi connectivity index (χ3n) is 5.48. The summed E-state index contributed by atoms with van der Waals surface area (Å²) in [6, 6.07) is 10.4. The van der Waals surface area contributed by atoms with Gasteiger partial charge in [0.1, 0.15) is 5.82 Å². The van der Waals surface area contributed by atoms with E-state index in [1.54, 1.807) is 36.6 Å². The van der Waals surface area contributed by atoms with Gasteiger partial charge < -0.3 is 4.57 Å². The number of nitro benzene ring substituents is 1. The molecule has 0 atom stereocenters. The molecule has 2 aromatic heterocycles. The molecule has 0 radical (unpaired) electrons. The first-order valence-electron chi connectivity index (χ1n) is 9.79. The molecule has 0 amide bonds. The number of fused-ring (bicyclic) bond motifs is 1. The van der Waals surface area contributed by atoms with Crippen molar-refractivity contribution >= 4 is 22.4 Å². The quantitative estimate of drug-likeness (QED) is 0.268. The lowest BCUT2D eigenvalue weighted by atomic mass is 10.1. The molecule has 0 saturated carbocycles. The van der Waals surface area contributed by atoms with Gasteiger partial charge in [0.15, 0.2) is 5.78 Å². The van der Waals surface area contributed by atoms with Crippen molar-refractivity contribution in [3.63, 3.8) is 0 Å². The molecule has 32 heavy (non-hydrogen) atoms. The number of benzene rings is 2. The van der Waals surface area contributed by atoms with E-state index in [9.17, 15) is 24.1 Å². The van der Waals surface area contributed by atoms with Crippen molar-refractivity contribution in [2.24, 2.45) is 0 Å². The fourth-order valence-electron chi connectivity index (χ4n) is 3.78. The Kier molecular flexibility index (Phi) is 5.17. The molecule has 162 valence electrons. The molecule has 0 aliphatic carbocycles. The number of nitrogens with zero attached hydrogens (tertiary/aromatic N) is 4. The van der Waals surface area contributed by atoms with Crippen molar-refractivity contribution in [1.82, 2.24) is 14.1 Å². The predicted molar refractivity (Wildman–Crippen MR) is 117 cm³/mol. The third-order valence-corrected chi connectivity index (χ3v) is 5.48. The van der Waals surface area contributed by atoms with Gasteiger partial charge in [0.05, 0.1) is 28.7 Å². The highest BCUT2D eigenvalue weighted by atomic mass is 19.1. The normalized spacial score (nSPS) is 11.1. The first-order chi connectivity index (χ1) is 15.2. The number of Topliss-reactive ketones (excluding diaryl/α,β-unsaturated/α-hetero) is 1. The van der Waals surface area contributed by atoms with Gasteiger partial charge in [-0.15, -0.1) is 0 Å². The number of nitro groups is 1. The molecule has 2 aromatic carbocycles. The highest BCUT2D eigenvalue weighted by molar-refractivity contribution is 5.97. The fourth-order valence-corrected chi connectivity index (χ4v) is 3.78. The summed E-state index contributed by atoms with van der Waals surface area (Å²) in [4.78, 5) is 40.3. The molecule has 0 aliphatic rings. The second-order valence-electron chi connectivity index (χ2n) is 7.61. The van der Waals surface area contributed by atoms with Crippen LogP contribution in [0.3, 0.4) is 0 Å². The van der Waals surface area contributed by atoms with E-state index in [2.05, 4.69) is 4.98 Å². The monoisotopic (exact) mass is 434 g/mol. The Morgan fingerprint density at radius 1 is 1.12 bits per heavy atom. The van der Waals surface area contributed by atoms with Gasteiger partial charge in [-0.05, 0) is 50.6 Å². The average molecular weight is 434 g/mol. The molecule has 9 heteroatoms. The summed E-state index contributed by atoms with van der Waals surface area (Å²) >= 11 is 0. The second-order valence-corrected chi connectivity index (χ2v) is 7.61. The van der Waals surface area contributed by atoms with Crippen LogP contribution < -0.4 is 5.56 Å². The minimum Gasteiger partial charge on any atom is -0.318 e. The van der Waals surface area contributed by atoms with Crippen LogP contribution >= 0.6 is 0 Å². The highest BCUT2D eigenvalue weighted by Gasteiger charge is 2.19. The first kappa shape index (κ1) is 21.1. The minimum absolute atomic E-state index is 0.168. The molecule has 4 aromatic rings. The Labute approximate surface area is 181 Å². The molecule has 0 spiro atoms. The molecule has 2 heterocycles. The van der Waals surface area contributed by atoms with Crippen LogP contribution in [0.25, 0.3) is 16.6 Å². The van der Waals surface area contributed by atoms with E-state index >= 15 is 0 Å². The lowest BCUT2D eigenvalue weighted by Crippen LogP contribution is -2.25. The van der Waals surface area contributed by atoms with Crippen LogP contribution in [0.2, 0.25) is 0 Å². The summed E-state index contributed by atoms with van der Waals surface area (Å²) in [7, 11) is 0. The van der Waals surface area contributed by atoms with Crippen molar-refractivity contribution in [3.8, 4) is 5.69 Å². The van der Waals surface area contributed by atoms with Crippen LogP contribution in [0.5, 0.6) is 0 Å². The number of ketones is 1.